The minimum Gasteiger partial charge on any atom is -0.366 e. The van der Waals surface area contributed by atoms with Gasteiger partial charge in [0.2, 0.25) is 0 Å². The van der Waals surface area contributed by atoms with Crippen molar-refractivity contribution in [2.45, 2.75) is 17.6 Å². The second kappa shape index (κ2) is 6.98. The van der Waals surface area contributed by atoms with Gasteiger partial charge in [0.25, 0.3) is 5.91 Å². The molecule has 0 aromatic heterocycles. The van der Waals surface area contributed by atoms with Crippen molar-refractivity contribution in [3.05, 3.63) is 58.6 Å². The van der Waals surface area contributed by atoms with Crippen LogP contribution in [-0.2, 0) is 15.5 Å². The van der Waals surface area contributed by atoms with Crippen LogP contribution < -0.4 is 0 Å². The van der Waals surface area contributed by atoms with Gasteiger partial charge in [-0.05, 0) is 24.6 Å². The normalized spacial score (nSPS) is 19.1. The van der Waals surface area contributed by atoms with Crippen LogP contribution in [0.4, 0.5) is 5.69 Å². The first-order valence-corrected chi connectivity index (χ1v) is 9.90. The van der Waals surface area contributed by atoms with E-state index in [0.29, 0.717) is 21.2 Å². The first-order valence-electron chi connectivity index (χ1n) is 7.84. The zero-order chi connectivity index (χ0) is 18.0. The molecule has 1 aliphatic rings. The zero-order valence-corrected chi connectivity index (χ0v) is 15.5. The maximum Gasteiger partial charge on any atom is 0.286 e. The number of carbonyl (C=O) groups excluding carboxylic acids is 1. The molecule has 130 valence electrons. The first-order chi connectivity index (χ1) is 11.9. The largest absolute Gasteiger partial charge is 0.366 e. The highest BCUT2D eigenvalue weighted by molar-refractivity contribution is 7.93. The summed E-state index contributed by atoms with van der Waals surface area (Å²) in [6, 6.07) is 12.5. The fraction of sp³-hybridized carbons (Fsp3) is 0.222. The minimum absolute atomic E-state index is 0.185. The molecule has 1 heterocycles. The molecule has 1 unspecified atom stereocenters. The Kier molecular flexibility index (Phi) is 4.92. The van der Waals surface area contributed by atoms with Crippen LogP contribution in [0.3, 0.4) is 0 Å². The van der Waals surface area contributed by atoms with Crippen molar-refractivity contribution in [3.63, 3.8) is 0 Å². The van der Waals surface area contributed by atoms with Crippen molar-refractivity contribution >= 4 is 39.3 Å². The zero-order valence-electron chi connectivity index (χ0n) is 14.0. The van der Waals surface area contributed by atoms with Gasteiger partial charge in [0.05, 0.1) is 43.0 Å². The molecule has 5 nitrogen and oxygen atoms in total. The Bertz CT molecular complexity index is 964. The quantitative estimate of drug-likeness (QED) is 0.583. The van der Waals surface area contributed by atoms with Gasteiger partial charge >= 0.3 is 0 Å². The van der Waals surface area contributed by atoms with Crippen LogP contribution in [0.1, 0.15) is 22.8 Å². The molecule has 0 N–H and O–H groups in total. The molecular formula is C18H18ClN3O2S. The van der Waals surface area contributed by atoms with Gasteiger partial charge in [0, 0.05) is 13.6 Å². The Hall–Kier alpha value is -2.18. The van der Waals surface area contributed by atoms with Crippen molar-refractivity contribution in [3.8, 4) is 0 Å². The summed E-state index contributed by atoms with van der Waals surface area (Å²) in [5.74, 6) is -0.294. The molecule has 2 aromatic carbocycles. The maximum atomic E-state index is 13.3. The van der Waals surface area contributed by atoms with E-state index in [2.05, 4.69) is 9.36 Å². The topological polar surface area (TPSA) is 62.1 Å². The van der Waals surface area contributed by atoms with E-state index in [1.165, 1.54) is 0 Å². The van der Waals surface area contributed by atoms with Crippen molar-refractivity contribution in [1.29, 1.82) is 0 Å². The molecule has 0 bridgehead atoms. The molecule has 0 spiro atoms. The highest BCUT2D eigenvalue weighted by Crippen LogP contribution is 2.37. The summed E-state index contributed by atoms with van der Waals surface area (Å²) in [5, 5.41) is 0.352. The molecule has 0 radical (unpaired) electrons. The van der Waals surface area contributed by atoms with Crippen molar-refractivity contribution < 1.29 is 9.00 Å². The number of aliphatic imine (C=N–C) groups is 1. The van der Waals surface area contributed by atoms with Gasteiger partial charge in [-0.2, -0.15) is 4.36 Å². The summed E-state index contributed by atoms with van der Waals surface area (Å²) in [4.78, 5) is 18.9. The Balaban J connectivity index is 2.01. The SMILES string of the molecule is CCN(C)C=Nc1cc2c(cc1Cl)S(=O)(Cc1ccccc1)=NC2=O. The van der Waals surface area contributed by atoms with E-state index in [1.54, 1.807) is 18.5 Å². The molecule has 1 atom stereocenters. The fourth-order valence-electron chi connectivity index (χ4n) is 2.46. The Labute approximate surface area is 152 Å². The minimum atomic E-state index is -2.86. The third kappa shape index (κ3) is 3.60. The smallest absolute Gasteiger partial charge is 0.286 e. The average Bonchev–Trinajstić information content (AvgIpc) is 2.83. The number of hydrogen-bond donors (Lipinski definition) is 0. The Morgan fingerprint density at radius 2 is 2.00 bits per heavy atom. The number of hydrogen-bond acceptors (Lipinski definition) is 3. The van der Waals surface area contributed by atoms with E-state index in [-0.39, 0.29) is 5.75 Å². The van der Waals surface area contributed by atoms with Crippen LogP contribution >= 0.6 is 11.6 Å². The third-order valence-electron chi connectivity index (χ3n) is 3.95. The summed E-state index contributed by atoms with van der Waals surface area (Å²) >= 11 is 6.30. The second-order valence-corrected chi connectivity index (χ2v) is 8.38. The molecule has 1 amide bonds. The molecular weight excluding hydrogens is 358 g/mol. The Morgan fingerprint density at radius 3 is 2.68 bits per heavy atom. The summed E-state index contributed by atoms with van der Waals surface area (Å²) in [6.45, 7) is 2.79. The number of nitrogens with zero attached hydrogens (tertiary/aromatic N) is 3. The van der Waals surface area contributed by atoms with Crippen LogP contribution in [0, 0.1) is 0 Å². The van der Waals surface area contributed by atoms with Crippen LogP contribution in [0.5, 0.6) is 0 Å². The maximum absolute atomic E-state index is 13.3. The molecule has 0 saturated heterocycles. The summed E-state index contributed by atoms with van der Waals surface area (Å²) in [5.41, 5.74) is 1.64. The molecule has 2 aromatic rings. The molecule has 25 heavy (non-hydrogen) atoms. The van der Waals surface area contributed by atoms with E-state index in [1.807, 2.05) is 49.2 Å². The lowest BCUT2D eigenvalue weighted by Crippen LogP contribution is -2.14. The lowest BCUT2D eigenvalue weighted by molar-refractivity contribution is 0.101. The molecule has 0 fully saturated rings. The van der Waals surface area contributed by atoms with Gasteiger partial charge in [0.15, 0.2) is 0 Å². The number of carbonyl (C=O) groups is 1. The van der Waals surface area contributed by atoms with E-state index in [9.17, 15) is 9.00 Å². The predicted molar refractivity (Wildman–Crippen MR) is 101 cm³/mol. The summed E-state index contributed by atoms with van der Waals surface area (Å²) in [6.07, 6.45) is 1.64. The van der Waals surface area contributed by atoms with Crippen LogP contribution in [0.15, 0.2) is 56.7 Å². The van der Waals surface area contributed by atoms with Gasteiger partial charge in [-0.3, -0.25) is 4.79 Å². The predicted octanol–water partition coefficient (Wildman–Crippen LogP) is 4.13. The highest BCUT2D eigenvalue weighted by atomic mass is 35.5. The third-order valence-corrected chi connectivity index (χ3v) is 6.46. The summed E-state index contributed by atoms with van der Waals surface area (Å²) in [7, 11) is -0.975. The van der Waals surface area contributed by atoms with Gasteiger partial charge in [-0.1, -0.05) is 41.9 Å². The van der Waals surface area contributed by atoms with E-state index >= 15 is 0 Å². The average molecular weight is 376 g/mol. The second-order valence-electron chi connectivity index (χ2n) is 5.78. The number of benzene rings is 2. The van der Waals surface area contributed by atoms with Crippen LogP contribution in [0.25, 0.3) is 0 Å². The van der Waals surface area contributed by atoms with Crippen LogP contribution in [0.2, 0.25) is 5.02 Å². The lowest BCUT2D eigenvalue weighted by Gasteiger charge is -2.10. The fourth-order valence-corrected chi connectivity index (χ4v) is 4.86. The molecule has 0 aliphatic carbocycles. The van der Waals surface area contributed by atoms with Crippen molar-refractivity contribution in [2.24, 2.45) is 9.36 Å². The Morgan fingerprint density at radius 1 is 1.28 bits per heavy atom. The molecule has 3 rings (SSSR count). The van der Waals surface area contributed by atoms with E-state index in [4.69, 9.17) is 11.6 Å². The van der Waals surface area contributed by atoms with Gasteiger partial charge in [-0.15, -0.1) is 0 Å². The van der Waals surface area contributed by atoms with E-state index < -0.39 is 15.6 Å². The number of fused-ring (bicyclic) bond motifs is 1. The molecule has 7 heteroatoms. The monoisotopic (exact) mass is 375 g/mol. The molecule has 0 saturated carbocycles. The van der Waals surface area contributed by atoms with Crippen molar-refractivity contribution in [2.75, 3.05) is 13.6 Å². The van der Waals surface area contributed by atoms with Crippen LogP contribution in [-0.4, -0.2) is 34.9 Å². The number of halogens is 1. The highest BCUT2D eigenvalue weighted by Gasteiger charge is 2.30. The summed E-state index contributed by atoms with van der Waals surface area (Å²) < 4.78 is 17.2. The van der Waals surface area contributed by atoms with E-state index in [0.717, 1.165) is 12.1 Å². The molecule has 1 aliphatic heterocycles. The standard InChI is InChI=1S/C18H18ClN3O2S/c1-3-22(2)12-20-16-9-14-17(10-15(16)19)25(24,21-18(14)23)11-13-7-5-4-6-8-13/h4-10,12H,3,11H2,1-2H3. The van der Waals surface area contributed by atoms with Gasteiger partial charge < -0.3 is 4.90 Å². The number of amides is 1. The van der Waals surface area contributed by atoms with Gasteiger partial charge in [0.1, 0.15) is 0 Å². The van der Waals surface area contributed by atoms with Gasteiger partial charge in [-0.25, -0.2) is 9.20 Å². The number of rotatable bonds is 5. The first kappa shape index (κ1) is 17.6. The lowest BCUT2D eigenvalue weighted by atomic mass is 10.2. The van der Waals surface area contributed by atoms with Crippen molar-refractivity contribution in [1.82, 2.24) is 4.90 Å².